The molecule has 0 atom stereocenters. The van der Waals surface area contributed by atoms with Crippen LogP contribution in [0, 0.1) is 23.7 Å². The number of rotatable bonds is 60. The predicted octanol–water partition coefficient (Wildman–Crippen LogP) is 19.4. The van der Waals surface area contributed by atoms with Gasteiger partial charge in [0.1, 0.15) is 0 Å². The number of unbranched alkanes of at least 4 members (excludes halogenated alkanes) is 44. The smallest absolute Gasteiger partial charge is 0.550 e. The van der Waals surface area contributed by atoms with Crippen molar-refractivity contribution in [2.24, 2.45) is 23.7 Å². The van der Waals surface area contributed by atoms with Crippen LogP contribution in [0.2, 0.25) is 0 Å². The van der Waals surface area contributed by atoms with Gasteiger partial charge in [0, 0.05) is 23.9 Å². The van der Waals surface area contributed by atoms with E-state index in [9.17, 15) is 39.6 Å². The molecule has 0 saturated carbocycles. The van der Waals surface area contributed by atoms with E-state index in [4.69, 9.17) is 0 Å². The van der Waals surface area contributed by atoms with Crippen molar-refractivity contribution in [2.45, 2.75) is 415 Å². The quantitative estimate of drug-likeness (QED) is 0.0544. The summed E-state index contributed by atoms with van der Waals surface area (Å²) in [5.74, 6) is -0.166. The van der Waals surface area contributed by atoms with Crippen molar-refractivity contribution in [3.8, 4) is 0 Å². The van der Waals surface area contributed by atoms with Gasteiger partial charge < -0.3 is 39.6 Å². The van der Waals surface area contributed by atoms with Crippen LogP contribution in [-0.2, 0) is 45.4 Å². The molecule has 0 aromatic rings. The Hall–Kier alpha value is -1.24. The van der Waals surface area contributed by atoms with Crippen molar-refractivity contribution in [1.82, 2.24) is 0 Å². The maximum Gasteiger partial charge on any atom is 4.00 e. The van der Waals surface area contributed by atoms with Crippen LogP contribution in [0.3, 0.4) is 0 Å². The second-order valence-corrected chi connectivity index (χ2v) is 26.2. The van der Waals surface area contributed by atoms with Gasteiger partial charge in [0.25, 0.3) is 0 Å². The first-order valence-electron chi connectivity index (χ1n) is 35.3. The second-order valence-electron chi connectivity index (χ2n) is 26.2. The van der Waals surface area contributed by atoms with E-state index in [2.05, 4.69) is 55.4 Å². The number of carboxylic acid groups (broad SMARTS) is 4. The zero-order chi connectivity index (χ0) is 60.2. The molecule has 0 radical (unpaired) electrons. The van der Waals surface area contributed by atoms with Gasteiger partial charge in [-0.25, -0.2) is 0 Å². The molecule has 0 aliphatic heterocycles. The Bertz CT molecular complexity index is 1040. The molecule has 0 aromatic carbocycles. The molecule has 0 N–H and O–H groups in total. The standard InChI is InChI=1S/4C18H36O2.Zr/c4*1-17(2)15-13-11-9-7-5-3-4-6-8-10-12-14-16-18(19)20;/h4*17H,3-16H2,1-2H3,(H,19,20);/q;;;;+4/p-4. The van der Waals surface area contributed by atoms with Crippen molar-refractivity contribution in [2.75, 3.05) is 0 Å². The first-order chi connectivity index (χ1) is 38.5. The molecule has 0 spiro atoms. The van der Waals surface area contributed by atoms with Gasteiger partial charge in [-0.2, -0.15) is 0 Å². The first-order valence-corrected chi connectivity index (χ1v) is 35.3. The summed E-state index contributed by atoms with van der Waals surface area (Å²) >= 11 is 0. The molecule has 0 aliphatic rings. The fraction of sp³-hybridized carbons (Fsp3) is 0.944. The molecular weight excluding hydrogens is 1080 g/mol. The Morgan fingerprint density at radius 1 is 0.185 bits per heavy atom. The van der Waals surface area contributed by atoms with Gasteiger partial charge in [0.2, 0.25) is 0 Å². The minimum Gasteiger partial charge on any atom is -0.550 e. The van der Waals surface area contributed by atoms with Gasteiger partial charge in [-0.05, 0) is 75.0 Å². The molecule has 0 heterocycles. The summed E-state index contributed by atoms with van der Waals surface area (Å²) in [6.07, 6.45) is 68.0. The second kappa shape index (κ2) is 76.8. The maximum atomic E-state index is 10.2. The van der Waals surface area contributed by atoms with Crippen molar-refractivity contribution >= 4 is 23.9 Å². The van der Waals surface area contributed by atoms with Crippen LogP contribution < -0.4 is 20.4 Å². The number of carbonyl (C=O) groups excluding carboxylic acids is 4. The normalized spacial score (nSPS) is 11.0. The molecule has 480 valence electrons. The van der Waals surface area contributed by atoms with E-state index < -0.39 is 23.9 Å². The molecule has 81 heavy (non-hydrogen) atoms. The molecule has 0 fully saturated rings. The van der Waals surface area contributed by atoms with E-state index in [1.54, 1.807) is 0 Å². The monoisotopic (exact) mass is 1220 g/mol. The van der Waals surface area contributed by atoms with E-state index in [-0.39, 0.29) is 51.9 Å². The Morgan fingerprint density at radius 2 is 0.272 bits per heavy atom. The van der Waals surface area contributed by atoms with Crippen LogP contribution in [0.1, 0.15) is 415 Å². The summed E-state index contributed by atoms with van der Waals surface area (Å²) in [5.41, 5.74) is 0. The van der Waals surface area contributed by atoms with Crippen LogP contribution in [0.25, 0.3) is 0 Å². The van der Waals surface area contributed by atoms with Crippen molar-refractivity contribution in [3.63, 3.8) is 0 Å². The van der Waals surface area contributed by atoms with Gasteiger partial charge in [0.05, 0.1) is 0 Å². The molecule has 0 aromatic heterocycles. The van der Waals surface area contributed by atoms with E-state index in [0.29, 0.717) is 0 Å². The summed E-state index contributed by atoms with van der Waals surface area (Å²) < 4.78 is 0. The van der Waals surface area contributed by atoms with E-state index >= 15 is 0 Å². The minimum atomic E-state index is -0.904. The third-order valence-electron chi connectivity index (χ3n) is 15.6. The average molecular weight is 1230 g/mol. The Kier molecular flexibility index (Phi) is 83.9. The van der Waals surface area contributed by atoms with Crippen LogP contribution in [-0.4, -0.2) is 23.9 Å². The molecule has 0 unspecified atom stereocenters. The van der Waals surface area contributed by atoms with Gasteiger partial charge in [-0.3, -0.25) is 0 Å². The summed E-state index contributed by atoms with van der Waals surface area (Å²) in [4.78, 5) is 40.9. The van der Waals surface area contributed by atoms with Crippen LogP contribution in [0.5, 0.6) is 0 Å². The zero-order valence-corrected chi connectivity index (χ0v) is 58.1. The van der Waals surface area contributed by atoms with E-state index in [1.165, 1.54) is 283 Å². The summed E-state index contributed by atoms with van der Waals surface area (Å²) in [5, 5.41) is 40.9. The van der Waals surface area contributed by atoms with Crippen LogP contribution in [0.4, 0.5) is 0 Å². The van der Waals surface area contributed by atoms with Gasteiger partial charge in [-0.1, -0.05) is 364 Å². The minimum absolute atomic E-state index is 0. The average Bonchev–Trinajstić information content (AvgIpc) is 3.39. The first kappa shape index (κ1) is 88.5. The fourth-order valence-electron chi connectivity index (χ4n) is 10.4. The van der Waals surface area contributed by atoms with Crippen molar-refractivity contribution in [3.05, 3.63) is 0 Å². The number of aliphatic carboxylic acids is 4. The third-order valence-corrected chi connectivity index (χ3v) is 15.6. The van der Waals surface area contributed by atoms with Gasteiger partial charge >= 0.3 is 26.2 Å². The van der Waals surface area contributed by atoms with Crippen LogP contribution in [0.15, 0.2) is 0 Å². The largest absolute Gasteiger partial charge is 4.00 e. The van der Waals surface area contributed by atoms with Crippen molar-refractivity contribution < 1.29 is 65.8 Å². The molecule has 0 rings (SSSR count). The molecule has 8 nitrogen and oxygen atoms in total. The predicted molar refractivity (Wildman–Crippen MR) is 338 cm³/mol. The Morgan fingerprint density at radius 3 is 0.358 bits per heavy atom. The molecule has 0 aliphatic carbocycles. The number of hydrogen-bond acceptors (Lipinski definition) is 8. The molecule has 0 saturated heterocycles. The Balaban J connectivity index is -0.000000316. The number of carbonyl (C=O) groups is 4. The van der Waals surface area contributed by atoms with Gasteiger partial charge in [0.15, 0.2) is 0 Å². The third kappa shape index (κ3) is 104. The number of carboxylic acids is 4. The van der Waals surface area contributed by atoms with Crippen molar-refractivity contribution in [1.29, 1.82) is 0 Å². The molecular formula is C72H140O8Zr. The van der Waals surface area contributed by atoms with E-state index in [1.807, 2.05) is 0 Å². The summed E-state index contributed by atoms with van der Waals surface area (Å²) in [6, 6.07) is 0. The maximum absolute atomic E-state index is 10.2. The summed E-state index contributed by atoms with van der Waals surface area (Å²) in [7, 11) is 0. The topological polar surface area (TPSA) is 161 Å². The summed E-state index contributed by atoms with van der Waals surface area (Å²) in [6.45, 7) is 18.4. The number of hydrogen-bond donors (Lipinski definition) is 0. The fourth-order valence-corrected chi connectivity index (χ4v) is 10.4. The van der Waals surface area contributed by atoms with Gasteiger partial charge in [-0.15, -0.1) is 0 Å². The zero-order valence-electron chi connectivity index (χ0n) is 55.7. The molecule has 9 heteroatoms. The van der Waals surface area contributed by atoms with Crippen LogP contribution >= 0.6 is 0 Å². The van der Waals surface area contributed by atoms with E-state index in [0.717, 1.165) is 75.0 Å². The Labute approximate surface area is 525 Å². The molecule has 0 amide bonds. The SMILES string of the molecule is CC(C)CCCCCCCCCCCCCCC(=O)[O-].CC(C)CCCCCCCCCCCCCCC(=O)[O-].CC(C)CCCCCCCCCCCCCCC(=O)[O-].CC(C)CCCCCCCCCCCCCCC(=O)[O-].[Zr+4]. The molecule has 0 bridgehead atoms.